The van der Waals surface area contributed by atoms with E-state index in [9.17, 15) is 4.79 Å². The highest BCUT2D eigenvalue weighted by Crippen LogP contribution is 2.26. The number of hydrogen-bond donors (Lipinski definition) is 1. The first-order valence-corrected chi connectivity index (χ1v) is 8.46. The standard InChI is InChI=1S/C21H23NO2/c1-4-15-9-10-18-16(13-24-20(18)11-15)12-21(23)22-19-8-6-5-7-17(19)14(2)3/h5-11,13-14H,4,12H2,1-3H3,(H,22,23). The molecule has 0 saturated heterocycles. The summed E-state index contributed by atoms with van der Waals surface area (Å²) in [5, 5.41) is 4.05. The molecular formula is C21H23NO2. The van der Waals surface area contributed by atoms with Gasteiger partial charge in [0.25, 0.3) is 0 Å². The second-order valence-corrected chi connectivity index (χ2v) is 6.41. The van der Waals surface area contributed by atoms with Crippen molar-refractivity contribution < 1.29 is 9.21 Å². The number of rotatable bonds is 5. The molecule has 0 aliphatic carbocycles. The highest BCUT2D eigenvalue weighted by molar-refractivity contribution is 5.96. The Hall–Kier alpha value is -2.55. The molecule has 2 aromatic carbocycles. The minimum atomic E-state index is -0.0228. The molecule has 1 aromatic heterocycles. The Kier molecular flexibility index (Phi) is 4.70. The van der Waals surface area contributed by atoms with Crippen molar-refractivity contribution in [3.05, 3.63) is 65.4 Å². The molecule has 3 aromatic rings. The van der Waals surface area contributed by atoms with Crippen LogP contribution in [0.4, 0.5) is 5.69 Å². The van der Waals surface area contributed by atoms with Gasteiger partial charge in [0.05, 0.1) is 12.7 Å². The van der Waals surface area contributed by atoms with Crippen molar-refractivity contribution in [2.24, 2.45) is 0 Å². The van der Waals surface area contributed by atoms with Gasteiger partial charge in [0.15, 0.2) is 0 Å². The average molecular weight is 321 g/mol. The first-order valence-electron chi connectivity index (χ1n) is 8.46. The second-order valence-electron chi connectivity index (χ2n) is 6.41. The second kappa shape index (κ2) is 6.91. The number of amides is 1. The lowest BCUT2D eigenvalue weighted by atomic mass is 10.0. The summed E-state index contributed by atoms with van der Waals surface area (Å²) in [5.74, 6) is 0.342. The molecule has 1 amide bonds. The van der Waals surface area contributed by atoms with Crippen molar-refractivity contribution in [2.75, 3.05) is 5.32 Å². The van der Waals surface area contributed by atoms with Crippen LogP contribution in [0.2, 0.25) is 0 Å². The highest BCUT2D eigenvalue weighted by Gasteiger charge is 2.13. The quantitative estimate of drug-likeness (QED) is 0.693. The first-order chi connectivity index (χ1) is 11.6. The molecule has 3 rings (SSSR count). The van der Waals surface area contributed by atoms with Crippen LogP contribution in [0.15, 0.2) is 53.1 Å². The van der Waals surface area contributed by atoms with Gasteiger partial charge in [-0.3, -0.25) is 4.79 Å². The zero-order valence-corrected chi connectivity index (χ0v) is 14.4. The van der Waals surface area contributed by atoms with Crippen molar-refractivity contribution >= 4 is 22.6 Å². The van der Waals surface area contributed by atoms with Gasteiger partial charge in [0, 0.05) is 16.6 Å². The summed E-state index contributed by atoms with van der Waals surface area (Å²) in [6, 6.07) is 14.1. The van der Waals surface area contributed by atoms with Gasteiger partial charge in [0.1, 0.15) is 5.58 Å². The van der Waals surface area contributed by atoms with Gasteiger partial charge in [0.2, 0.25) is 5.91 Å². The smallest absolute Gasteiger partial charge is 0.228 e. The van der Waals surface area contributed by atoms with Gasteiger partial charge in [-0.25, -0.2) is 0 Å². The number of para-hydroxylation sites is 1. The maximum atomic E-state index is 12.5. The minimum Gasteiger partial charge on any atom is -0.464 e. The third-order valence-electron chi connectivity index (χ3n) is 4.34. The summed E-state index contributed by atoms with van der Waals surface area (Å²) in [7, 11) is 0. The molecule has 0 bridgehead atoms. The normalized spacial score (nSPS) is 11.2. The monoisotopic (exact) mass is 321 g/mol. The predicted octanol–water partition coefficient (Wildman–Crippen LogP) is 5.30. The summed E-state index contributed by atoms with van der Waals surface area (Å²) in [6.45, 7) is 6.37. The van der Waals surface area contributed by atoms with E-state index in [0.29, 0.717) is 12.3 Å². The number of anilines is 1. The van der Waals surface area contributed by atoms with E-state index in [2.05, 4.69) is 38.2 Å². The Labute approximate surface area is 142 Å². The lowest BCUT2D eigenvalue weighted by Gasteiger charge is -2.13. The van der Waals surface area contributed by atoms with E-state index in [-0.39, 0.29) is 5.91 Å². The zero-order chi connectivity index (χ0) is 17.1. The number of carbonyl (C=O) groups excluding carboxylic acids is 1. The van der Waals surface area contributed by atoms with Gasteiger partial charge in [-0.1, -0.05) is 51.1 Å². The van der Waals surface area contributed by atoms with Gasteiger partial charge in [-0.2, -0.15) is 0 Å². The van der Waals surface area contributed by atoms with Gasteiger partial charge >= 0.3 is 0 Å². The van der Waals surface area contributed by atoms with Crippen LogP contribution in [0.25, 0.3) is 11.0 Å². The number of benzene rings is 2. The average Bonchev–Trinajstić information content (AvgIpc) is 2.97. The van der Waals surface area contributed by atoms with Crippen LogP contribution in [0.5, 0.6) is 0 Å². The summed E-state index contributed by atoms with van der Waals surface area (Å²) in [5.41, 5.74) is 5.04. The summed E-state index contributed by atoms with van der Waals surface area (Å²) < 4.78 is 5.62. The van der Waals surface area contributed by atoms with E-state index in [1.807, 2.05) is 30.3 Å². The molecule has 24 heavy (non-hydrogen) atoms. The molecule has 0 aliphatic rings. The summed E-state index contributed by atoms with van der Waals surface area (Å²) in [4.78, 5) is 12.5. The third kappa shape index (κ3) is 3.35. The van der Waals surface area contributed by atoms with Gasteiger partial charge in [-0.05, 0) is 35.6 Å². The Morgan fingerprint density at radius 3 is 2.71 bits per heavy atom. The molecule has 0 unspecified atom stereocenters. The lowest BCUT2D eigenvalue weighted by Crippen LogP contribution is -2.15. The maximum Gasteiger partial charge on any atom is 0.228 e. The van der Waals surface area contributed by atoms with Crippen molar-refractivity contribution in [3.8, 4) is 0 Å². The van der Waals surface area contributed by atoms with Crippen molar-refractivity contribution in [2.45, 2.75) is 39.5 Å². The van der Waals surface area contributed by atoms with E-state index < -0.39 is 0 Å². The maximum absolute atomic E-state index is 12.5. The Bertz CT molecular complexity index is 861. The molecule has 3 heteroatoms. The van der Waals surface area contributed by atoms with Crippen molar-refractivity contribution in [1.82, 2.24) is 0 Å². The Morgan fingerprint density at radius 2 is 1.96 bits per heavy atom. The Balaban J connectivity index is 1.78. The van der Waals surface area contributed by atoms with Crippen LogP contribution in [-0.4, -0.2) is 5.91 Å². The van der Waals surface area contributed by atoms with E-state index in [1.54, 1.807) is 6.26 Å². The van der Waals surface area contributed by atoms with Crippen LogP contribution in [0.1, 0.15) is 43.4 Å². The highest BCUT2D eigenvalue weighted by atomic mass is 16.3. The van der Waals surface area contributed by atoms with Crippen molar-refractivity contribution in [1.29, 1.82) is 0 Å². The molecule has 0 fully saturated rings. The summed E-state index contributed by atoms with van der Waals surface area (Å²) in [6.07, 6.45) is 2.97. The number of furan rings is 1. The number of fused-ring (bicyclic) bond motifs is 1. The van der Waals surface area contributed by atoms with Crippen LogP contribution >= 0.6 is 0 Å². The van der Waals surface area contributed by atoms with Crippen LogP contribution < -0.4 is 5.32 Å². The molecule has 124 valence electrons. The fourth-order valence-electron chi connectivity index (χ4n) is 2.97. The first kappa shape index (κ1) is 16.3. The van der Waals surface area contributed by atoms with Crippen LogP contribution in [0, 0.1) is 0 Å². The van der Waals surface area contributed by atoms with Crippen molar-refractivity contribution in [3.63, 3.8) is 0 Å². The van der Waals surface area contributed by atoms with E-state index in [0.717, 1.165) is 34.2 Å². The lowest BCUT2D eigenvalue weighted by molar-refractivity contribution is -0.115. The van der Waals surface area contributed by atoms with Crippen LogP contribution in [-0.2, 0) is 17.6 Å². The molecule has 0 saturated carbocycles. The van der Waals surface area contributed by atoms with E-state index in [1.165, 1.54) is 5.56 Å². The molecule has 1 heterocycles. The molecular weight excluding hydrogens is 298 g/mol. The topological polar surface area (TPSA) is 42.2 Å². The van der Waals surface area contributed by atoms with Gasteiger partial charge in [-0.15, -0.1) is 0 Å². The molecule has 0 spiro atoms. The molecule has 0 aliphatic heterocycles. The van der Waals surface area contributed by atoms with Gasteiger partial charge < -0.3 is 9.73 Å². The minimum absolute atomic E-state index is 0.0228. The number of hydrogen-bond acceptors (Lipinski definition) is 2. The van der Waals surface area contributed by atoms with E-state index in [4.69, 9.17) is 4.42 Å². The SMILES string of the molecule is CCc1ccc2c(CC(=O)Nc3ccccc3C(C)C)coc2c1. The molecule has 3 nitrogen and oxygen atoms in total. The van der Waals surface area contributed by atoms with Crippen LogP contribution in [0.3, 0.4) is 0 Å². The zero-order valence-electron chi connectivity index (χ0n) is 14.4. The molecule has 0 radical (unpaired) electrons. The van der Waals surface area contributed by atoms with E-state index >= 15 is 0 Å². The fraction of sp³-hybridized carbons (Fsp3) is 0.286. The number of nitrogens with one attached hydrogen (secondary N) is 1. The summed E-state index contributed by atoms with van der Waals surface area (Å²) >= 11 is 0. The molecule has 0 atom stereocenters. The largest absolute Gasteiger partial charge is 0.464 e. The number of carbonyl (C=O) groups is 1. The third-order valence-corrected chi connectivity index (χ3v) is 4.34. The molecule has 1 N–H and O–H groups in total. The predicted molar refractivity (Wildman–Crippen MR) is 98.5 cm³/mol. The fourth-order valence-corrected chi connectivity index (χ4v) is 2.97. The Morgan fingerprint density at radius 1 is 1.17 bits per heavy atom. The number of aryl methyl sites for hydroxylation is 1.